The minimum absolute atomic E-state index is 0.0589. The van der Waals surface area contributed by atoms with E-state index < -0.39 is 0 Å². The van der Waals surface area contributed by atoms with E-state index in [-0.39, 0.29) is 17.8 Å². The summed E-state index contributed by atoms with van der Waals surface area (Å²) in [5.74, 6) is 1.06. The molecule has 1 saturated heterocycles. The Bertz CT molecular complexity index is 1180. The number of halogens is 1. The van der Waals surface area contributed by atoms with Gasteiger partial charge in [0.2, 0.25) is 0 Å². The quantitative estimate of drug-likeness (QED) is 0.446. The molecule has 174 valence electrons. The van der Waals surface area contributed by atoms with E-state index in [1.54, 1.807) is 0 Å². The van der Waals surface area contributed by atoms with Crippen LogP contribution < -0.4 is 4.90 Å². The molecular formula is C28H35FN4. The molecule has 1 aromatic heterocycles. The van der Waals surface area contributed by atoms with Crippen molar-refractivity contribution in [3.8, 4) is 6.07 Å². The number of likely N-dealkylation sites (tertiary alicyclic amines) is 1. The maximum atomic E-state index is 16.3. The summed E-state index contributed by atoms with van der Waals surface area (Å²) in [7, 11) is 0. The highest BCUT2D eigenvalue weighted by molar-refractivity contribution is 5.91. The third-order valence-corrected chi connectivity index (χ3v) is 7.09. The molecule has 1 fully saturated rings. The largest absolute Gasteiger partial charge is 0.341 e. The molecule has 0 bridgehead atoms. The Kier molecular flexibility index (Phi) is 6.76. The molecule has 4 rings (SSSR count). The summed E-state index contributed by atoms with van der Waals surface area (Å²) in [6.07, 6.45) is 3.17. The molecule has 0 amide bonds. The Morgan fingerprint density at radius 1 is 1.18 bits per heavy atom. The van der Waals surface area contributed by atoms with E-state index in [0.717, 1.165) is 72.3 Å². The van der Waals surface area contributed by atoms with Crippen molar-refractivity contribution in [2.45, 2.75) is 65.8 Å². The van der Waals surface area contributed by atoms with Crippen molar-refractivity contribution < 1.29 is 4.39 Å². The van der Waals surface area contributed by atoms with Crippen LogP contribution in [0.15, 0.2) is 30.3 Å². The van der Waals surface area contributed by atoms with Crippen LogP contribution in [0.2, 0.25) is 0 Å². The molecule has 2 heterocycles. The van der Waals surface area contributed by atoms with Gasteiger partial charge in [-0.05, 0) is 107 Å². The van der Waals surface area contributed by atoms with E-state index in [1.165, 1.54) is 0 Å². The number of aryl methyl sites for hydroxylation is 2. The normalized spacial score (nSPS) is 15.3. The third-order valence-electron chi connectivity index (χ3n) is 7.09. The number of rotatable bonds is 6. The number of aromatic nitrogens is 1. The maximum Gasteiger partial charge on any atom is 0.150 e. The predicted octanol–water partition coefficient (Wildman–Crippen LogP) is 6.93. The molecule has 33 heavy (non-hydrogen) atoms. The van der Waals surface area contributed by atoms with Gasteiger partial charge >= 0.3 is 0 Å². The topological polar surface area (TPSA) is 46.1 Å². The summed E-state index contributed by atoms with van der Waals surface area (Å²) in [4.78, 5) is 8.05. The van der Waals surface area contributed by atoms with Gasteiger partial charge < -0.3 is 14.8 Å². The molecule has 0 radical (unpaired) electrons. The van der Waals surface area contributed by atoms with Crippen LogP contribution in [0.1, 0.15) is 68.2 Å². The van der Waals surface area contributed by atoms with Crippen LogP contribution in [-0.4, -0.2) is 35.6 Å². The highest BCUT2D eigenvalue weighted by atomic mass is 19.1. The average Bonchev–Trinajstić information content (AvgIpc) is 3.12. The van der Waals surface area contributed by atoms with Gasteiger partial charge in [0, 0.05) is 16.9 Å². The first kappa shape index (κ1) is 23.3. The van der Waals surface area contributed by atoms with Gasteiger partial charge in [0.25, 0.3) is 0 Å². The van der Waals surface area contributed by atoms with Crippen LogP contribution in [0.5, 0.6) is 0 Å². The van der Waals surface area contributed by atoms with Crippen LogP contribution in [0.3, 0.4) is 0 Å². The number of aromatic amines is 1. The van der Waals surface area contributed by atoms with Crippen LogP contribution in [-0.2, 0) is 0 Å². The number of H-pyrrole nitrogens is 1. The summed E-state index contributed by atoms with van der Waals surface area (Å²) in [6.45, 7) is 13.7. The number of fused-ring (bicyclic) bond motifs is 1. The lowest BCUT2D eigenvalue weighted by molar-refractivity contribution is 0.211. The summed E-state index contributed by atoms with van der Waals surface area (Å²) in [6, 6.07) is 11.9. The van der Waals surface area contributed by atoms with Crippen LogP contribution in [0, 0.1) is 31.0 Å². The van der Waals surface area contributed by atoms with Gasteiger partial charge in [-0.15, -0.1) is 0 Å². The monoisotopic (exact) mass is 446 g/mol. The minimum Gasteiger partial charge on any atom is -0.341 e. The van der Waals surface area contributed by atoms with Crippen molar-refractivity contribution in [1.82, 2.24) is 9.88 Å². The molecule has 0 saturated carbocycles. The maximum absolute atomic E-state index is 16.3. The molecule has 0 atom stereocenters. The number of hydrogen-bond donors (Lipinski definition) is 1. The highest BCUT2D eigenvalue weighted by Crippen LogP contribution is 2.40. The Labute approximate surface area is 197 Å². The SMILES string of the molecule is CCCN1CCC(c2c(C)ccc(N(c3[nH]c4cc(C#N)ccc4c3C)C(C)C)c2F)CC1. The van der Waals surface area contributed by atoms with Crippen molar-refractivity contribution in [1.29, 1.82) is 5.26 Å². The molecule has 1 aliphatic heterocycles. The first-order valence-electron chi connectivity index (χ1n) is 12.2. The Balaban J connectivity index is 1.76. The second kappa shape index (κ2) is 9.57. The van der Waals surface area contributed by atoms with Gasteiger partial charge in [-0.1, -0.05) is 19.1 Å². The van der Waals surface area contributed by atoms with Gasteiger partial charge in [0.1, 0.15) is 5.82 Å². The van der Waals surface area contributed by atoms with Gasteiger partial charge in [0.15, 0.2) is 5.82 Å². The summed E-state index contributed by atoms with van der Waals surface area (Å²) in [5, 5.41) is 10.3. The lowest BCUT2D eigenvalue weighted by atomic mass is 9.85. The van der Waals surface area contributed by atoms with E-state index in [4.69, 9.17) is 0 Å². The summed E-state index contributed by atoms with van der Waals surface area (Å²) in [5.41, 5.74) is 5.14. The summed E-state index contributed by atoms with van der Waals surface area (Å²) < 4.78 is 16.3. The van der Waals surface area contributed by atoms with Crippen LogP contribution in [0.4, 0.5) is 15.9 Å². The number of piperidine rings is 1. The molecular weight excluding hydrogens is 411 g/mol. The van der Waals surface area contributed by atoms with Gasteiger partial charge in [-0.25, -0.2) is 4.39 Å². The van der Waals surface area contributed by atoms with Crippen molar-refractivity contribution >= 4 is 22.4 Å². The summed E-state index contributed by atoms with van der Waals surface area (Å²) >= 11 is 0. The van der Waals surface area contributed by atoms with E-state index in [0.29, 0.717) is 11.3 Å². The third kappa shape index (κ3) is 4.37. The number of nitrogens with zero attached hydrogens (tertiary/aromatic N) is 3. The van der Waals surface area contributed by atoms with Crippen LogP contribution >= 0.6 is 0 Å². The number of nitrogens with one attached hydrogen (secondary N) is 1. The second-order valence-electron chi connectivity index (χ2n) is 9.68. The smallest absolute Gasteiger partial charge is 0.150 e. The van der Waals surface area contributed by atoms with E-state index >= 15 is 4.39 Å². The van der Waals surface area contributed by atoms with Gasteiger partial charge in [0.05, 0.1) is 17.3 Å². The fourth-order valence-corrected chi connectivity index (χ4v) is 5.42. The molecule has 0 unspecified atom stereocenters. The Morgan fingerprint density at radius 2 is 1.91 bits per heavy atom. The minimum atomic E-state index is -0.0894. The number of hydrogen-bond acceptors (Lipinski definition) is 3. The van der Waals surface area contributed by atoms with Crippen molar-refractivity contribution in [3.05, 3.63) is 58.4 Å². The van der Waals surface area contributed by atoms with E-state index in [1.807, 2.05) is 31.2 Å². The highest BCUT2D eigenvalue weighted by Gasteiger charge is 2.28. The second-order valence-corrected chi connectivity index (χ2v) is 9.68. The van der Waals surface area contributed by atoms with Crippen LogP contribution in [0.25, 0.3) is 10.9 Å². The Hall–Kier alpha value is -2.84. The standard InChI is InChI=1S/C28H35FN4/c1-6-13-32-14-11-22(12-15-32)26-19(4)7-10-25(27(26)29)33(18(2)3)28-20(5)23-9-8-21(17-30)16-24(23)31-28/h7-10,16,18,22,31H,6,11-15H2,1-5H3. The fourth-order valence-electron chi connectivity index (χ4n) is 5.42. The van der Waals surface area contributed by atoms with E-state index in [9.17, 15) is 5.26 Å². The average molecular weight is 447 g/mol. The number of anilines is 2. The molecule has 2 aromatic carbocycles. The van der Waals surface area contributed by atoms with Crippen molar-refractivity contribution in [2.75, 3.05) is 24.5 Å². The molecule has 3 aromatic rings. The lowest BCUT2D eigenvalue weighted by Crippen LogP contribution is -2.34. The fraction of sp³-hybridized carbons (Fsp3) is 0.464. The first-order valence-corrected chi connectivity index (χ1v) is 12.2. The zero-order chi connectivity index (χ0) is 23.7. The molecule has 4 nitrogen and oxygen atoms in total. The zero-order valence-corrected chi connectivity index (χ0v) is 20.5. The van der Waals surface area contributed by atoms with Gasteiger partial charge in [-0.2, -0.15) is 5.26 Å². The lowest BCUT2D eigenvalue weighted by Gasteiger charge is -2.34. The molecule has 1 aliphatic rings. The van der Waals surface area contributed by atoms with Gasteiger partial charge in [-0.3, -0.25) is 0 Å². The molecule has 1 N–H and O–H groups in total. The molecule has 5 heteroatoms. The Morgan fingerprint density at radius 3 is 2.55 bits per heavy atom. The van der Waals surface area contributed by atoms with E-state index in [2.05, 4.69) is 54.6 Å². The number of benzene rings is 2. The molecule has 0 aliphatic carbocycles. The molecule has 0 spiro atoms. The van der Waals surface area contributed by atoms with Crippen molar-refractivity contribution in [2.24, 2.45) is 0 Å². The predicted molar refractivity (Wildman–Crippen MR) is 135 cm³/mol. The van der Waals surface area contributed by atoms with Crippen molar-refractivity contribution in [3.63, 3.8) is 0 Å². The zero-order valence-electron chi connectivity index (χ0n) is 20.5. The number of nitriles is 1. The first-order chi connectivity index (χ1) is 15.8.